The van der Waals surface area contributed by atoms with Crippen LogP contribution in [0.5, 0.6) is 11.5 Å². The highest BCUT2D eigenvalue weighted by molar-refractivity contribution is 6.07. The van der Waals surface area contributed by atoms with Crippen LogP contribution in [0, 0.1) is 0 Å². The van der Waals surface area contributed by atoms with E-state index in [9.17, 15) is 15.0 Å². The predicted octanol–water partition coefficient (Wildman–Crippen LogP) is 17.0. The number of anilines is 1. The van der Waals surface area contributed by atoms with Crippen LogP contribution in [-0.4, -0.2) is 95.7 Å². The second-order valence-corrected chi connectivity index (χ2v) is 27.5. The predicted molar refractivity (Wildman–Crippen MR) is 362 cm³/mol. The average molecular weight is 1250 g/mol. The zero-order chi connectivity index (χ0) is 64.4. The van der Waals surface area contributed by atoms with Crippen molar-refractivity contribution in [1.29, 1.82) is 0 Å². The summed E-state index contributed by atoms with van der Waals surface area (Å²) in [5.41, 5.74) is 11.0. The van der Waals surface area contributed by atoms with Crippen molar-refractivity contribution in [2.45, 2.75) is 224 Å². The fourth-order valence-corrected chi connectivity index (χ4v) is 15.6. The van der Waals surface area contributed by atoms with Crippen LogP contribution in [0.15, 0.2) is 168 Å². The Hall–Kier alpha value is -6.94. The van der Waals surface area contributed by atoms with Gasteiger partial charge in [0.05, 0.1) is 48.1 Å². The zero-order valence-electron chi connectivity index (χ0n) is 55.6. The van der Waals surface area contributed by atoms with E-state index in [2.05, 4.69) is 186 Å². The highest BCUT2D eigenvalue weighted by Crippen LogP contribution is 2.51. The summed E-state index contributed by atoms with van der Waals surface area (Å²) in [5, 5.41) is 26.9. The number of likely N-dealkylation sites (N-methyl/N-ethyl adjacent to an activating group) is 1. The van der Waals surface area contributed by atoms with E-state index in [0.29, 0.717) is 50.5 Å². The molecule has 13 heteroatoms. The number of aliphatic hydroxyl groups excluding tert-OH is 1. The number of carbonyl (C=O) groups excluding carboxylic acids is 1. The Morgan fingerprint density at radius 1 is 0.696 bits per heavy atom. The lowest BCUT2D eigenvalue weighted by Crippen LogP contribution is -2.44. The number of aliphatic hydroxyl groups is 1. The van der Waals surface area contributed by atoms with Crippen molar-refractivity contribution < 1.29 is 57.5 Å². The third kappa shape index (κ3) is 14.0. The number of nitrogens with zero attached hydrogens (tertiary/aromatic N) is 2. The summed E-state index contributed by atoms with van der Waals surface area (Å²) in [7, 11) is 4.39. The number of allylic oxidation sites excluding steroid dienone is 7. The van der Waals surface area contributed by atoms with E-state index in [1.165, 1.54) is 62.4 Å². The van der Waals surface area contributed by atoms with Gasteiger partial charge in [-0.25, -0.2) is 0 Å². The molecule has 11 unspecified atom stereocenters. The molecule has 6 aliphatic rings. The summed E-state index contributed by atoms with van der Waals surface area (Å²) in [6, 6.07) is 41.7. The van der Waals surface area contributed by atoms with Crippen molar-refractivity contribution in [2.75, 3.05) is 19.0 Å². The van der Waals surface area contributed by atoms with Gasteiger partial charge in [-0.1, -0.05) is 126 Å². The van der Waals surface area contributed by atoms with E-state index in [1.807, 2.05) is 13.0 Å². The molecular weight excluding hydrogens is 1150 g/mol. The molecule has 6 aromatic rings. The largest absolute Gasteiger partial charge is 0.508 e. The molecule has 486 valence electrons. The van der Waals surface area contributed by atoms with Crippen molar-refractivity contribution in [2.24, 2.45) is 0 Å². The lowest BCUT2D eigenvalue weighted by Gasteiger charge is -2.42. The molecular formula is C79H95N2O11+. The van der Waals surface area contributed by atoms with E-state index in [4.69, 9.17) is 37.9 Å². The molecule has 0 bridgehead atoms. The van der Waals surface area contributed by atoms with Gasteiger partial charge in [0, 0.05) is 98.1 Å². The number of phenols is 1. The number of hydrogen-bond acceptors (Lipinski definition) is 12. The maximum Gasteiger partial charge on any atom is 0.302 e. The smallest absolute Gasteiger partial charge is 0.302 e. The molecule has 3 saturated heterocycles. The molecule has 0 radical (unpaired) electrons. The van der Waals surface area contributed by atoms with E-state index >= 15 is 0 Å². The van der Waals surface area contributed by atoms with Gasteiger partial charge in [0.15, 0.2) is 24.6 Å². The van der Waals surface area contributed by atoms with Crippen LogP contribution in [0.4, 0.5) is 11.4 Å². The Morgan fingerprint density at radius 3 is 1.99 bits per heavy atom. The van der Waals surface area contributed by atoms with Crippen molar-refractivity contribution >= 4 is 44.6 Å². The second kappa shape index (κ2) is 27.9. The summed E-state index contributed by atoms with van der Waals surface area (Å²) in [5.74, 6) is 1.34. The molecule has 92 heavy (non-hydrogen) atoms. The SMILES string of the molecule is CCCC1OC(CC2CC(CC)OC(c3cccc(OC4=C(/C=C/C5=[N+](C)c6ccc7ccccc7c6C5(C)C)CCC/C4=C\C=C4\N(C)c5ccc6ccccc6c5C4(C)C)c3)O2)CC(CC2CC(CC(O)CC(CC)OC(C)=O)OC(c3cccc(O)c3)O2)O1. The van der Waals surface area contributed by atoms with E-state index in [0.717, 1.165) is 73.2 Å². The molecule has 12 rings (SSSR count). The summed E-state index contributed by atoms with van der Waals surface area (Å²) in [6.07, 6.45) is 14.8. The molecule has 0 spiro atoms. The second-order valence-electron chi connectivity index (χ2n) is 27.5. The first-order chi connectivity index (χ1) is 44.4. The van der Waals surface area contributed by atoms with Crippen molar-refractivity contribution in [3.8, 4) is 11.5 Å². The van der Waals surface area contributed by atoms with Crippen LogP contribution < -0.4 is 9.64 Å². The number of hydrogen-bond donors (Lipinski definition) is 2. The number of fused-ring (bicyclic) bond motifs is 6. The maximum atomic E-state index is 11.8. The normalized spacial score (nSPS) is 27.1. The Bertz CT molecular complexity index is 3820. The third-order valence-corrected chi connectivity index (χ3v) is 20.1. The van der Waals surface area contributed by atoms with Gasteiger partial charge in [-0.15, -0.1) is 0 Å². The van der Waals surface area contributed by atoms with Crippen LogP contribution in [0.1, 0.15) is 180 Å². The van der Waals surface area contributed by atoms with Gasteiger partial charge in [-0.3, -0.25) is 4.79 Å². The number of phenolic OH excluding ortho intramolecular Hbond substituents is 1. The maximum absolute atomic E-state index is 11.8. The first-order valence-electron chi connectivity index (χ1n) is 33.9. The van der Waals surface area contributed by atoms with Crippen molar-refractivity contribution in [3.05, 3.63) is 190 Å². The minimum atomic E-state index is -0.764. The fourth-order valence-electron chi connectivity index (χ4n) is 15.6. The Kier molecular flexibility index (Phi) is 19.8. The number of benzene rings is 6. The number of aromatic hydroxyl groups is 1. The van der Waals surface area contributed by atoms with Crippen molar-refractivity contribution in [1.82, 2.24) is 0 Å². The lowest BCUT2D eigenvalue weighted by molar-refractivity contribution is -0.401. The number of ether oxygens (including phenoxy) is 8. The molecule has 5 heterocycles. The third-order valence-electron chi connectivity index (χ3n) is 20.1. The summed E-state index contributed by atoms with van der Waals surface area (Å²) < 4.78 is 55.8. The molecule has 5 aliphatic heterocycles. The van der Waals surface area contributed by atoms with Gasteiger partial charge in [-0.05, 0) is 146 Å². The van der Waals surface area contributed by atoms with Crippen LogP contribution in [0.2, 0.25) is 0 Å². The van der Waals surface area contributed by atoms with Gasteiger partial charge in [0.25, 0.3) is 0 Å². The van der Waals surface area contributed by atoms with Gasteiger partial charge >= 0.3 is 5.97 Å². The summed E-state index contributed by atoms with van der Waals surface area (Å²) >= 11 is 0. The van der Waals surface area contributed by atoms with Gasteiger partial charge in [0.2, 0.25) is 5.69 Å². The Labute approximate surface area is 544 Å². The highest BCUT2D eigenvalue weighted by atomic mass is 16.7. The standard InChI is InChI=1S/C79H94N2O11/c1-11-21-72-86-62(46-63(87-72)48-65-45-61(43-57(84)42-58(12-2)85-49(4)82)90-76(92-65)54-26-19-28-56(83)40-54)47-64-44-59(13-3)89-77(91-64)55-27-20-29-60(41-55)88-75-52(34-38-70-78(5,6)73-66-30-16-14-22-50(66)32-36-68(73)80(70)9)24-18-25-53(75)35-39-71-79(7,8)74-67-31-17-15-23-51(67)33-37-69(74)81(71)10/h14-17,19-20,22-23,26-41,57-59,61-65,72,76-77,84H,11-13,18,21,24-25,42-48H2,1-10H3/p+1. The Balaban J connectivity index is 0.798. The minimum Gasteiger partial charge on any atom is -0.508 e. The monoisotopic (exact) mass is 1250 g/mol. The molecule has 0 amide bonds. The molecule has 1 aliphatic carbocycles. The molecule has 13 nitrogen and oxygen atoms in total. The summed E-state index contributed by atoms with van der Waals surface area (Å²) in [4.78, 5) is 14.2. The molecule has 0 saturated carbocycles. The first kappa shape index (κ1) is 65.1. The number of esters is 1. The van der Waals surface area contributed by atoms with Crippen molar-refractivity contribution in [3.63, 3.8) is 0 Å². The zero-order valence-corrected chi connectivity index (χ0v) is 55.6. The molecule has 3 fully saturated rings. The quantitative estimate of drug-likeness (QED) is 0.0556. The number of rotatable bonds is 20. The Morgan fingerprint density at radius 2 is 1.32 bits per heavy atom. The first-order valence-corrected chi connectivity index (χ1v) is 33.9. The van der Waals surface area contributed by atoms with Gasteiger partial charge in [0.1, 0.15) is 30.4 Å². The van der Waals surface area contributed by atoms with E-state index in [1.54, 1.807) is 18.2 Å². The fraction of sp³-hybridized carbons (Fsp3) is 0.468. The highest BCUT2D eigenvalue weighted by Gasteiger charge is 2.45. The topological polar surface area (TPSA) is 138 Å². The molecule has 6 aromatic carbocycles. The number of carbonyl (C=O) groups is 1. The van der Waals surface area contributed by atoms with Crippen LogP contribution >= 0.6 is 0 Å². The van der Waals surface area contributed by atoms with Crippen LogP contribution in [0.3, 0.4) is 0 Å². The molecule has 0 aromatic heterocycles. The van der Waals surface area contributed by atoms with E-state index < -0.39 is 31.1 Å². The average Bonchev–Trinajstić information content (AvgIpc) is 1.58. The minimum absolute atomic E-state index is 0.0358. The van der Waals surface area contributed by atoms with Crippen LogP contribution in [-0.2, 0) is 48.8 Å². The molecule has 11 atom stereocenters. The van der Waals surface area contributed by atoms with E-state index in [-0.39, 0.29) is 59.2 Å². The van der Waals surface area contributed by atoms with Gasteiger partial charge < -0.3 is 53.0 Å². The van der Waals surface area contributed by atoms with Gasteiger partial charge in [-0.2, -0.15) is 4.58 Å². The molecule has 2 N–H and O–H groups in total. The lowest BCUT2D eigenvalue weighted by atomic mass is 9.78. The van der Waals surface area contributed by atoms with Crippen LogP contribution in [0.25, 0.3) is 21.5 Å². The summed E-state index contributed by atoms with van der Waals surface area (Å²) in [6.45, 7) is 17.1.